The Bertz CT molecular complexity index is 841. The Balaban J connectivity index is 2.37. The van der Waals surface area contributed by atoms with Gasteiger partial charge in [0.05, 0.1) is 5.56 Å². The standard InChI is InChI=1S/C17H14N2O4/c1-10-7-11(17(21)22)3-5-14(10)15-6-4-13(23-15)8-12(9-18)16(20)19-2/h3-8H,1-2H3,(H,19,20)(H,21,22). The molecule has 0 saturated heterocycles. The van der Waals surface area contributed by atoms with Crippen LogP contribution >= 0.6 is 0 Å². The molecule has 0 saturated carbocycles. The number of carbonyl (C=O) groups excluding carboxylic acids is 1. The molecule has 0 aliphatic carbocycles. The van der Waals surface area contributed by atoms with Gasteiger partial charge in [0.2, 0.25) is 0 Å². The third kappa shape index (κ3) is 3.47. The molecule has 1 heterocycles. The van der Waals surface area contributed by atoms with Crippen LogP contribution in [0.2, 0.25) is 0 Å². The highest BCUT2D eigenvalue weighted by Crippen LogP contribution is 2.27. The van der Waals surface area contributed by atoms with Gasteiger partial charge in [-0.25, -0.2) is 4.79 Å². The highest BCUT2D eigenvalue weighted by molar-refractivity contribution is 6.01. The van der Waals surface area contributed by atoms with Gasteiger partial charge in [-0.3, -0.25) is 4.79 Å². The number of carboxylic acid groups (broad SMARTS) is 1. The molecule has 0 radical (unpaired) electrons. The van der Waals surface area contributed by atoms with E-state index in [0.717, 1.165) is 11.1 Å². The predicted molar refractivity (Wildman–Crippen MR) is 83.5 cm³/mol. The Kier molecular flexibility index (Phi) is 4.62. The topological polar surface area (TPSA) is 103 Å². The summed E-state index contributed by atoms with van der Waals surface area (Å²) in [6.07, 6.45) is 1.35. The summed E-state index contributed by atoms with van der Waals surface area (Å²) in [6, 6.07) is 9.86. The smallest absolute Gasteiger partial charge is 0.335 e. The highest BCUT2D eigenvalue weighted by atomic mass is 16.4. The van der Waals surface area contributed by atoms with Crippen LogP contribution < -0.4 is 5.32 Å². The molecule has 1 amide bonds. The van der Waals surface area contributed by atoms with Gasteiger partial charge in [0.1, 0.15) is 23.2 Å². The summed E-state index contributed by atoms with van der Waals surface area (Å²) in [4.78, 5) is 22.4. The molecular weight excluding hydrogens is 296 g/mol. The molecule has 0 bridgehead atoms. The summed E-state index contributed by atoms with van der Waals surface area (Å²) in [5.41, 5.74) is 1.63. The van der Waals surface area contributed by atoms with Crippen molar-refractivity contribution in [3.05, 3.63) is 52.8 Å². The monoisotopic (exact) mass is 310 g/mol. The molecule has 0 fully saturated rings. The van der Waals surface area contributed by atoms with Crippen LogP contribution in [0, 0.1) is 18.3 Å². The fourth-order valence-corrected chi connectivity index (χ4v) is 2.07. The molecule has 6 nitrogen and oxygen atoms in total. The first-order valence-corrected chi connectivity index (χ1v) is 6.74. The van der Waals surface area contributed by atoms with Gasteiger partial charge in [0.25, 0.3) is 5.91 Å². The van der Waals surface area contributed by atoms with E-state index < -0.39 is 11.9 Å². The number of carbonyl (C=O) groups is 2. The molecule has 23 heavy (non-hydrogen) atoms. The van der Waals surface area contributed by atoms with Crippen LogP contribution in [0.5, 0.6) is 0 Å². The van der Waals surface area contributed by atoms with Crippen molar-refractivity contribution in [2.24, 2.45) is 0 Å². The van der Waals surface area contributed by atoms with Gasteiger partial charge < -0.3 is 14.8 Å². The number of hydrogen-bond donors (Lipinski definition) is 2. The predicted octanol–water partition coefficient (Wildman–Crippen LogP) is 2.61. The number of hydrogen-bond acceptors (Lipinski definition) is 4. The largest absolute Gasteiger partial charge is 0.478 e. The number of rotatable bonds is 4. The van der Waals surface area contributed by atoms with E-state index in [1.54, 1.807) is 37.3 Å². The molecule has 2 rings (SSSR count). The van der Waals surface area contributed by atoms with Crippen LogP contribution in [-0.2, 0) is 4.79 Å². The van der Waals surface area contributed by atoms with E-state index in [9.17, 15) is 9.59 Å². The van der Waals surface area contributed by atoms with E-state index >= 15 is 0 Å². The molecule has 2 N–H and O–H groups in total. The lowest BCUT2D eigenvalue weighted by Crippen LogP contribution is -2.18. The third-order valence-corrected chi connectivity index (χ3v) is 3.24. The maximum absolute atomic E-state index is 11.5. The summed E-state index contributed by atoms with van der Waals surface area (Å²) >= 11 is 0. The molecular formula is C17H14N2O4. The van der Waals surface area contributed by atoms with E-state index in [2.05, 4.69) is 5.32 Å². The second-order valence-corrected chi connectivity index (χ2v) is 4.79. The van der Waals surface area contributed by atoms with E-state index in [1.807, 2.05) is 0 Å². The van der Waals surface area contributed by atoms with E-state index in [1.165, 1.54) is 19.2 Å². The molecule has 1 aromatic heterocycles. The second kappa shape index (κ2) is 6.62. The SMILES string of the molecule is CNC(=O)C(C#N)=Cc1ccc(-c2ccc(C(=O)O)cc2C)o1. The van der Waals surface area contributed by atoms with Gasteiger partial charge in [-0.15, -0.1) is 0 Å². The number of carboxylic acids is 1. The lowest BCUT2D eigenvalue weighted by atomic mass is 10.0. The van der Waals surface area contributed by atoms with Crippen molar-refractivity contribution in [1.82, 2.24) is 5.32 Å². The fraction of sp³-hybridized carbons (Fsp3) is 0.118. The lowest BCUT2D eigenvalue weighted by Gasteiger charge is -2.04. The van der Waals surface area contributed by atoms with Crippen molar-refractivity contribution < 1.29 is 19.1 Å². The van der Waals surface area contributed by atoms with Crippen molar-refractivity contribution in [3.63, 3.8) is 0 Å². The minimum atomic E-state index is -0.994. The number of nitrogens with one attached hydrogen (secondary N) is 1. The first-order chi connectivity index (χ1) is 11.0. The van der Waals surface area contributed by atoms with Gasteiger partial charge in [-0.2, -0.15) is 5.26 Å². The van der Waals surface area contributed by atoms with Crippen LogP contribution in [-0.4, -0.2) is 24.0 Å². The molecule has 116 valence electrons. The average molecular weight is 310 g/mol. The Hall–Kier alpha value is -3.33. The molecule has 1 aromatic carbocycles. The summed E-state index contributed by atoms with van der Waals surface area (Å²) in [7, 11) is 1.44. The van der Waals surface area contributed by atoms with Crippen molar-refractivity contribution in [2.75, 3.05) is 7.05 Å². The Morgan fingerprint density at radius 3 is 2.61 bits per heavy atom. The minimum absolute atomic E-state index is 0.0636. The molecule has 0 spiro atoms. The lowest BCUT2D eigenvalue weighted by molar-refractivity contribution is -0.116. The fourth-order valence-electron chi connectivity index (χ4n) is 2.07. The zero-order valence-corrected chi connectivity index (χ0v) is 12.6. The first kappa shape index (κ1) is 16.0. The molecule has 6 heteroatoms. The number of aryl methyl sites for hydroxylation is 1. The summed E-state index contributed by atoms with van der Waals surface area (Å²) < 4.78 is 5.62. The Morgan fingerprint density at radius 2 is 2.04 bits per heavy atom. The molecule has 2 aromatic rings. The number of likely N-dealkylation sites (N-methyl/N-ethyl adjacent to an activating group) is 1. The summed E-state index contributed by atoms with van der Waals surface area (Å²) in [6.45, 7) is 1.78. The summed E-state index contributed by atoms with van der Waals surface area (Å²) in [5.74, 6) is -0.596. The van der Waals surface area contributed by atoms with E-state index in [-0.39, 0.29) is 11.1 Å². The second-order valence-electron chi connectivity index (χ2n) is 4.79. The van der Waals surface area contributed by atoms with Crippen LogP contribution in [0.3, 0.4) is 0 Å². The third-order valence-electron chi connectivity index (χ3n) is 3.24. The minimum Gasteiger partial charge on any atom is -0.478 e. The number of aromatic carboxylic acids is 1. The van der Waals surface area contributed by atoms with Crippen molar-refractivity contribution >= 4 is 18.0 Å². The average Bonchev–Trinajstić information content (AvgIpc) is 2.99. The van der Waals surface area contributed by atoms with Crippen molar-refractivity contribution in [1.29, 1.82) is 5.26 Å². The number of amides is 1. The van der Waals surface area contributed by atoms with Gasteiger partial charge in [0, 0.05) is 18.7 Å². The number of furan rings is 1. The number of nitrogens with zero attached hydrogens (tertiary/aromatic N) is 1. The van der Waals surface area contributed by atoms with Gasteiger partial charge in [0.15, 0.2) is 0 Å². The summed E-state index contributed by atoms with van der Waals surface area (Å²) in [5, 5.41) is 20.3. The van der Waals surface area contributed by atoms with Crippen molar-refractivity contribution in [2.45, 2.75) is 6.92 Å². The molecule has 0 atom stereocenters. The van der Waals surface area contributed by atoms with Crippen LogP contribution in [0.1, 0.15) is 21.7 Å². The Labute approximate surface area is 132 Å². The normalized spacial score (nSPS) is 10.9. The van der Waals surface area contributed by atoms with Crippen LogP contribution in [0.15, 0.2) is 40.3 Å². The van der Waals surface area contributed by atoms with Crippen LogP contribution in [0.4, 0.5) is 0 Å². The number of nitriles is 1. The quantitative estimate of drug-likeness (QED) is 0.667. The molecule has 0 aliphatic heterocycles. The van der Waals surface area contributed by atoms with Gasteiger partial charge in [-0.1, -0.05) is 6.07 Å². The Morgan fingerprint density at radius 1 is 1.30 bits per heavy atom. The maximum Gasteiger partial charge on any atom is 0.335 e. The van der Waals surface area contributed by atoms with Crippen molar-refractivity contribution in [3.8, 4) is 17.4 Å². The van der Waals surface area contributed by atoms with E-state index in [0.29, 0.717) is 11.5 Å². The highest BCUT2D eigenvalue weighted by Gasteiger charge is 2.12. The van der Waals surface area contributed by atoms with Gasteiger partial charge >= 0.3 is 5.97 Å². The zero-order chi connectivity index (χ0) is 17.0. The molecule has 0 unspecified atom stereocenters. The molecule has 0 aliphatic rings. The van der Waals surface area contributed by atoms with Crippen LogP contribution in [0.25, 0.3) is 17.4 Å². The zero-order valence-electron chi connectivity index (χ0n) is 12.6. The first-order valence-electron chi connectivity index (χ1n) is 6.74. The van der Waals surface area contributed by atoms with E-state index in [4.69, 9.17) is 14.8 Å². The van der Waals surface area contributed by atoms with Gasteiger partial charge in [-0.05, 0) is 36.8 Å². The maximum atomic E-state index is 11.5. The number of benzene rings is 1.